The van der Waals surface area contributed by atoms with Gasteiger partial charge in [0.05, 0.1) is 7.11 Å². The van der Waals surface area contributed by atoms with Crippen molar-refractivity contribution < 1.29 is 35.6 Å². The van der Waals surface area contributed by atoms with E-state index in [2.05, 4.69) is 9.93 Å². The Balaban J connectivity index is 0. The van der Waals surface area contributed by atoms with Gasteiger partial charge in [-0.2, -0.15) is 0 Å². The third-order valence-corrected chi connectivity index (χ3v) is 0.0745. The molecular formula is CH4O3Re. The summed E-state index contributed by atoms with van der Waals surface area (Å²) in [5.41, 5.74) is 0. The van der Waals surface area contributed by atoms with E-state index in [-0.39, 0.29) is 20.4 Å². The van der Waals surface area contributed by atoms with Crippen molar-refractivity contribution >= 4 is 0 Å². The van der Waals surface area contributed by atoms with Crippen LogP contribution in [0.15, 0.2) is 0 Å². The minimum absolute atomic E-state index is 0. The van der Waals surface area contributed by atoms with Crippen LogP contribution in [0.1, 0.15) is 0 Å². The van der Waals surface area contributed by atoms with Crippen molar-refractivity contribution in [2.75, 3.05) is 7.11 Å². The summed E-state index contributed by atoms with van der Waals surface area (Å²) in [5.74, 6) is 0. The van der Waals surface area contributed by atoms with Gasteiger partial charge in [-0.25, -0.2) is 10.1 Å². The first-order chi connectivity index (χ1) is 1.91. The number of rotatable bonds is 1. The van der Waals surface area contributed by atoms with Gasteiger partial charge in [-0.05, 0) is 0 Å². The summed E-state index contributed by atoms with van der Waals surface area (Å²) in [6.45, 7) is 0. The molecule has 0 saturated carbocycles. The summed E-state index contributed by atoms with van der Waals surface area (Å²) in [4.78, 5) is 3.60. The molecule has 5 heavy (non-hydrogen) atoms. The molecule has 0 bridgehead atoms. The van der Waals surface area contributed by atoms with E-state index in [4.69, 9.17) is 5.26 Å². The summed E-state index contributed by atoms with van der Waals surface area (Å²) in [6.07, 6.45) is 0. The predicted octanol–water partition coefficient (Wildman–Crippen LogP) is 0.0349. The summed E-state index contributed by atoms with van der Waals surface area (Å²) in [6, 6.07) is 0. The summed E-state index contributed by atoms with van der Waals surface area (Å²) in [5, 5.41) is 10.2. The van der Waals surface area contributed by atoms with Gasteiger partial charge >= 0.3 is 0 Å². The molecule has 0 spiro atoms. The third-order valence-electron chi connectivity index (χ3n) is 0.0745. The predicted molar refractivity (Wildman–Crippen MR) is 10.7 cm³/mol. The van der Waals surface area contributed by atoms with Gasteiger partial charge < -0.3 is 0 Å². The molecule has 4 heteroatoms. The second-order valence-electron chi connectivity index (χ2n) is 0.241. The van der Waals surface area contributed by atoms with Crippen LogP contribution >= 0.6 is 0 Å². The molecule has 0 unspecified atom stereocenters. The molecular weight excluding hydrogens is 246 g/mol. The molecule has 0 rings (SSSR count). The van der Waals surface area contributed by atoms with E-state index in [0.717, 1.165) is 0 Å². The van der Waals surface area contributed by atoms with Gasteiger partial charge in [0.15, 0.2) is 0 Å². The summed E-state index contributed by atoms with van der Waals surface area (Å²) in [7, 11) is 1.21. The molecule has 33 valence electrons. The normalized spacial score (nSPS) is 6.00. The summed E-state index contributed by atoms with van der Waals surface area (Å²) < 4.78 is 0. The van der Waals surface area contributed by atoms with Crippen LogP contribution in [0.5, 0.6) is 0 Å². The molecule has 3 nitrogen and oxygen atoms in total. The van der Waals surface area contributed by atoms with E-state index in [1.807, 2.05) is 0 Å². The summed E-state index contributed by atoms with van der Waals surface area (Å²) >= 11 is 0. The van der Waals surface area contributed by atoms with Crippen molar-refractivity contribution in [2.24, 2.45) is 0 Å². The van der Waals surface area contributed by atoms with Gasteiger partial charge in [0, 0.05) is 20.4 Å². The van der Waals surface area contributed by atoms with E-state index in [1.165, 1.54) is 7.11 Å². The largest absolute Gasteiger partial charge is 0.221 e. The van der Waals surface area contributed by atoms with Gasteiger partial charge in [0.2, 0.25) is 0 Å². The molecule has 0 aliphatic heterocycles. The zero-order valence-corrected chi connectivity index (χ0v) is 5.36. The van der Waals surface area contributed by atoms with Gasteiger partial charge in [-0.1, -0.05) is 5.04 Å². The maximum absolute atomic E-state index is 7.15. The van der Waals surface area contributed by atoms with Crippen molar-refractivity contribution in [3.63, 3.8) is 0 Å². The minimum Gasteiger partial charge on any atom is -0.221 e. The maximum atomic E-state index is 7.15. The zero-order valence-electron chi connectivity index (χ0n) is 2.64. The standard InChI is InChI=1S/CH4O3.Re/c1-3-4-2;/h2H,1H3;. The second kappa shape index (κ2) is 8.82. The fraction of sp³-hybridized carbons (Fsp3) is 1.00. The fourth-order valence-corrected chi connectivity index (χ4v) is 0. The van der Waals surface area contributed by atoms with E-state index in [0.29, 0.717) is 0 Å². The van der Waals surface area contributed by atoms with Gasteiger partial charge in [0.1, 0.15) is 0 Å². The van der Waals surface area contributed by atoms with E-state index in [9.17, 15) is 0 Å². The molecule has 0 aromatic carbocycles. The van der Waals surface area contributed by atoms with E-state index < -0.39 is 0 Å². The Morgan fingerprint density at radius 2 is 1.80 bits per heavy atom. The smallest absolute Gasteiger partial charge is 0.0744 e. The van der Waals surface area contributed by atoms with E-state index in [1.54, 1.807) is 0 Å². The van der Waals surface area contributed by atoms with Crippen LogP contribution in [0.4, 0.5) is 0 Å². The molecule has 0 fully saturated rings. The number of hydrogen-bond acceptors (Lipinski definition) is 3. The minimum atomic E-state index is 0. The monoisotopic (exact) mass is 251 g/mol. The Morgan fingerprint density at radius 3 is 1.80 bits per heavy atom. The average molecular weight is 250 g/mol. The molecule has 0 saturated heterocycles. The van der Waals surface area contributed by atoms with Crippen molar-refractivity contribution in [2.45, 2.75) is 0 Å². The maximum Gasteiger partial charge on any atom is 0.0744 e. The van der Waals surface area contributed by atoms with Crippen LogP contribution in [0.25, 0.3) is 0 Å². The molecule has 0 amide bonds. The molecule has 0 heterocycles. The zero-order chi connectivity index (χ0) is 3.41. The molecule has 0 aliphatic carbocycles. The Morgan fingerprint density at radius 1 is 1.60 bits per heavy atom. The van der Waals surface area contributed by atoms with Crippen LogP contribution in [-0.2, 0) is 30.3 Å². The SMILES string of the molecule is COOO.[Re]. The van der Waals surface area contributed by atoms with Gasteiger partial charge in [-0.3, -0.25) is 0 Å². The Bertz CT molecular complexity index is 8.85. The average Bonchev–Trinajstić information content (AvgIpc) is 1.37. The van der Waals surface area contributed by atoms with Crippen LogP contribution in [0.2, 0.25) is 0 Å². The van der Waals surface area contributed by atoms with Crippen LogP contribution < -0.4 is 0 Å². The third kappa shape index (κ3) is 12.3. The first kappa shape index (κ1) is 9.11. The molecule has 1 radical (unpaired) electrons. The van der Waals surface area contributed by atoms with Gasteiger partial charge in [0.25, 0.3) is 0 Å². The molecule has 0 aromatic heterocycles. The van der Waals surface area contributed by atoms with Crippen LogP contribution in [0, 0.1) is 0 Å². The Labute approximate surface area is 43.4 Å². The molecule has 1 N–H and O–H groups in total. The Kier molecular flexibility index (Phi) is 16.1. The topological polar surface area (TPSA) is 38.7 Å². The van der Waals surface area contributed by atoms with Crippen molar-refractivity contribution in [1.29, 1.82) is 0 Å². The first-order valence-corrected chi connectivity index (χ1v) is 0.757. The first-order valence-electron chi connectivity index (χ1n) is 0.757. The van der Waals surface area contributed by atoms with Gasteiger partial charge in [-0.15, -0.1) is 0 Å². The van der Waals surface area contributed by atoms with Crippen molar-refractivity contribution in [1.82, 2.24) is 0 Å². The van der Waals surface area contributed by atoms with Crippen molar-refractivity contribution in [3.8, 4) is 0 Å². The van der Waals surface area contributed by atoms with E-state index >= 15 is 0 Å². The molecule has 0 aliphatic rings. The quantitative estimate of drug-likeness (QED) is 0.527. The Hall–Kier alpha value is 0.542. The fourth-order valence-electron chi connectivity index (χ4n) is 0. The molecule has 0 atom stereocenters. The van der Waals surface area contributed by atoms with Crippen LogP contribution in [-0.4, -0.2) is 12.4 Å². The second-order valence-corrected chi connectivity index (χ2v) is 0.241. The number of hydrogen-bond donors (Lipinski definition) is 1. The van der Waals surface area contributed by atoms with Crippen molar-refractivity contribution in [3.05, 3.63) is 0 Å². The molecule has 0 aromatic rings. The van der Waals surface area contributed by atoms with Crippen LogP contribution in [0.3, 0.4) is 0 Å².